The maximum atomic E-state index is 12.1. The number of fused-ring (bicyclic) bond motifs is 1. The molecular weight excluding hydrogens is 300 g/mol. The third-order valence-corrected chi connectivity index (χ3v) is 4.75. The molecule has 1 heterocycles. The molecule has 1 saturated carbocycles. The summed E-state index contributed by atoms with van der Waals surface area (Å²) in [5.74, 6) is 0.635. The summed E-state index contributed by atoms with van der Waals surface area (Å²) in [4.78, 5) is 15.4. The molecule has 4 rings (SSSR count). The molecule has 3 aromatic rings. The summed E-state index contributed by atoms with van der Waals surface area (Å²) < 4.78 is 5.50. The van der Waals surface area contributed by atoms with Gasteiger partial charge >= 0.3 is 0 Å². The number of H-pyrrole nitrogens is 1. The Hall–Kier alpha value is -2.75. The fourth-order valence-electron chi connectivity index (χ4n) is 3.19. The fraction of sp³-hybridized carbons (Fsp3) is 0.250. The fourth-order valence-corrected chi connectivity index (χ4v) is 3.19. The molecule has 1 aliphatic carbocycles. The van der Waals surface area contributed by atoms with Gasteiger partial charge in [-0.1, -0.05) is 36.4 Å². The maximum Gasteiger partial charge on any atom is 0.257 e. The number of nitrogens with one attached hydrogen (secondary N) is 2. The lowest BCUT2D eigenvalue weighted by molar-refractivity contribution is -0.123. The third kappa shape index (κ3) is 2.87. The third-order valence-electron chi connectivity index (χ3n) is 4.75. The highest BCUT2D eigenvalue weighted by Gasteiger charge is 2.45. The number of amides is 1. The van der Waals surface area contributed by atoms with E-state index < -0.39 is 0 Å². The van der Waals surface area contributed by atoms with E-state index in [0.29, 0.717) is 12.3 Å². The molecule has 1 aromatic heterocycles. The predicted octanol–water partition coefficient (Wildman–Crippen LogP) is 3.39. The number of aromatic amines is 1. The van der Waals surface area contributed by atoms with Crippen LogP contribution in [0.4, 0.5) is 0 Å². The van der Waals surface area contributed by atoms with Gasteiger partial charge in [-0.2, -0.15) is 0 Å². The van der Waals surface area contributed by atoms with Crippen LogP contribution in [-0.2, 0) is 10.2 Å². The Morgan fingerprint density at radius 2 is 1.83 bits per heavy atom. The van der Waals surface area contributed by atoms with Gasteiger partial charge < -0.3 is 15.0 Å². The minimum Gasteiger partial charge on any atom is -0.484 e. The Morgan fingerprint density at radius 3 is 2.62 bits per heavy atom. The second-order valence-electron chi connectivity index (χ2n) is 6.41. The van der Waals surface area contributed by atoms with Crippen LogP contribution in [0, 0.1) is 0 Å². The highest BCUT2D eigenvalue weighted by Crippen LogP contribution is 2.49. The van der Waals surface area contributed by atoms with Crippen molar-refractivity contribution in [3.8, 4) is 5.75 Å². The summed E-state index contributed by atoms with van der Waals surface area (Å²) in [6.45, 7) is 0.708. The van der Waals surface area contributed by atoms with Crippen LogP contribution < -0.4 is 10.1 Å². The number of carbonyl (C=O) groups excluding carboxylic acids is 1. The molecule has 122 valence electrons. The van der Waals surface area contributed by atoms with E-state index in [-0.39, 0.29) is 17.9 Å². The molecule has 0 saturated heterocycles. The molecule has 1 aliphatic rings. The molecule has 1 amide bonds. The van der Waals surface area contributed by atoms with Crippen molar-refractivity contribution in [2.24, 2.45) is 0 Å². The predicted molar refractivity (Wildman–Crippen MR) is 94.2 cm³/mol. The average molecular weight is 320 g/mol. The number of hydrogen-bond acceptors (Lipinski definition) is 2. The van der Waals surface area contributed by atoms with Gasteiger partial charge in [-0.05, 0) is 36.6 Å². The van der Waals surface area contributed by atoms with E-state index in [1.165, 1.54) is 10.9 Å². The lowest BCUT2D eigenvalue weighted by atomic mass is 9.95. The van der Waals surface area contributed by atoms with Crippen molar-refractivity contribution in [3.05, 3.63) is 66.4 Å². The first kappa shape index (κ1) is 14.8. The molecular formula is C20H20N2O2. The van der Waals surface area contributed by atoms with Crippen molar-refractivity contribution in [2.75, 3.05) is 13.2 Å². The molecule has 4 nitrogen and oxygen atoms in total. The van der Waals surface area contributed by atoms with Crippen molar-refractivity contribution in [2.45, 2.75) is 18.3 Å². The zero-order valence-electron chi connectivity index (χ0n) is 13.4. The Balaban J connectivity index is 1.38. The number of ether oxygens (including phenoxy) is 1. The first-order valence-corrected chi connectivity index (χ1v) is 8.28. The first-order valence-electron chi connectivity index (χ1n) is 8.28. The van der Waals surface area contributed by atoms with E-state index in [4.69, 9.17) is 4.74 Å². The number of para-hydroxylation sites is 2. The Labute approximate surface area is 140 Å². The zero-order valence-corrected chi connectivity index (χ0v) is 13.4. The Morgan fingerprint density at radius 1 is 1.08 bits per heavy atom. The van der Waals surface area contributed by atoms with Gasteiger partial charge in [0.1, 0.15) is 5.75 Å². The van der Waals surface area contributed by atoms with Crippen molar-refractivity contribution < 1.29 is 9.53 Å². The van der Waals surface area contributed by atoms with Gasteiger partial charge in [0, 0.05) is 29.1 Å². The molecule has 0 spiro atoms. The molecule has 2 N–H and O–H groups in total. The second-order valence-corrected chi connectivity index (χ2v) is 6.41. The highest BCUT2D eigenvalue weighted by atomic mass is 16.5. The average Bonchev–Trinajstić information content (AvgIpc) is 3.29. The number of carbonyl (C=O) groups is 1. The number of rotatable bonds is 6. The highest BCUT2D eigenvalue weighted by molar-refractivity contribution is 5.85. The van der Waals surface area contributed by atoms with Crippen LogP contribution in [0.5, 0.6) is 5.75 Å². The Bertz CT molecular complexity index is 850. The largest absolute Gasteiger partial charge is 0.484 e. The topological polar surface area (TPSA) is 54.1 Å². The summed E-state index contributed by atoms with van der Waals surface area (Å²) in [6, 6.07) is 17.7. The summed E-state index contributed by atoms with van der Waals surface area (Å²) in [5.41, 5.74) is 2.53. The van der Waals surface area contributed by atoms with E-state index in [2.05, 4.69) is 34.7 Å². The van der Waals surface area contributed by atoms with Crippen molar-refractivity contribution in [3.63, 3.8) is 0 Å². The molecule has 0 atom stereocenters. The van der Waals surface area contributed by atoms with Crippen molar-refractivity contribution in [1.82, 2.24) is 10.3 Å². The number of hydrogen-bond donors (Lipinski definition) is 2. The molecule has 2 aromatic carbocycles. The van der Waals surface area contributed by atoms with E-state index >= 15 is 0 Å². The SMILES string of the molecule is O=C(COc1ccccc1)NCC1(c2c[nH]c3ccccc23)CC1. The van der Waals surface area contributed by atoms with Gasteiger partial charge in [0.15, 0.2) is 6.61 Å². The van der Waals surface area contributed by atoms with Crippen LogP contribution in [0.2, 0.25) is 0 Å². The monoisotopic (exact) mass is 320 g/mol. The molecule has 0 radical (unpaired) electrons. The maximum absolute atomic E-state index is 12.1. The number of aromatic nitrogens is 1. The Kier molecular flexibility index (Phi) is 3.73. The van der Waals surface area contributed by atoms with Gasteiger partial charge in [-0.3, -0.25) is 4.79 Å². The smallest absolute Gasteiger partial charge is 0.257 e. The van der Waals surface area contributed by atoms with Crippen LogP contribution in [0.1, 0.15) is 18.4 Å². The molecule has 0 bridgehead atoms. The van der Waals surface area contributed by atoms with E-state index in [9.17, 15) is 4.79 Å². The van der Waals surface area contributed by atoms with Crippen LogP contribution in [-0.4, -0.2) is 24.0 Å². The van der Waals surface area contributed by atoms with Crippen LogP contribution in [0.25, 0.3) is 10.9 Å². The summed E-state index contributed by atoms with van der Waals surface area (Å²) >= 11 is 0. The molecule has 1 fully saturated rings. The van der Waals surface area contributed by atoms with E-state index in [0.717, 1.165) is 18.4 Å². The van der Waals surface area contributed by atoms with Gasteiger partial charge in [-0.25, -0.2) is 0 Å². The summed E-state index contributed by atoms with van der Waals surface area (Å²) in [5, 5.41) is 4.29. The summed E-state index contributed by atoms with van der Waals surface area (Å²) in [7, 11) is 0. The van der Waals surface area contributed by atoms with Crippen molar-refractivity contribution in [1.29, 1.82) is 0 Å². The lowest BCUT2D eigenvalue weighted by Gasteiger charge is -2.16. The number of benzene rings is 2. The normalized spacial score (nSPS) is 15.2. The lowest BCUT2D eigenvalue weighted by Crippen LogP contribution is -2.35. The van der Waals surface area contributed by atoms with Gasteiger partial charge in [-0.15, -0.1) is 0 Å². The second kappa shape index (κ2) is 6.04. The molecule has 0 unspecified atom stereocenters. The van der Waals surface area contributed by atoms with Crippen LogP contribution in [0.3, 0.4) is 0 Å². The van der Waals surface area contributed by atoms with E-state index in [1.807, 2.05) is 36.4 Å². The van der Waals surface area contributed by atoms with Gasteiger partial charge in [0.05, 0.1) is 0 Å². The zero-order chi connectivity index (χ0) is 16.4. The quantitative estimate of drug-likeness (QED) is 0.731. The minimum atomic E-state index is -0.0787. The standard InChI is InChI=1S/C20H20N2O2/c23-19(13-24-15-6-2-1-3-7-15)22-14-20(10-11-20)17-12-21-18-9-5-4-8-16(17)18/h1-9,12,21H,10-11,13-14H2,(H,22,23). The van der Waals surface area contributed by atoms with Gasteiger partial charge in [0.2, 0.25) is 0 Å². The van der Waals surface area contributed by atoms with Crippen LogP contribution in [0.15, 0.2) is 60.8 Å². The summed E-state index contributed by atoms with van der Waals surface area (Å²) in [6.07, 6.45) is 4.30. The molecule has 4 heteroatoms. The minimum absolute atomic E-state index is 0.0496. The molecule has 0 aliphatic heterocycles. The van der Waals surface area contributed by atoms with E-state index in [1.54, 1.807) is 0 Å². The van der Waals surface area contributed by atoms with Gasteiger partial charge in [0.25, 0.3) is 5.91 Å². The first-order chi connectivity index (χ1) is 11.8. The van der Waals surface area contributed by atoms with Crippen molar-refractivity contribution >= 4 is 16.8 Å². The molecule has 24 heavy (non-hydrogen) atoms. The van der Waals surface area contributed by atoms with Crippen LogP contribution >= 0.6 is 0 Å².